The van der Waals surface area contributed by atoms with E-state index in [4.69, 9.17) is 0 Å². The predicted molar refractivity (Wildman–Crippen MR) is 68.7 cm³/mol. The third-order valence-corrected chi connectivity index (χ3v) is 2.90. The standard InChI is InChI=1S/C14H15FN2O/c1-14(10-18,11-5-4-8-16-9-11)17-13-7-3-2-6-12(13)15/h2-9,17-18H,10H2,1H3. The van der Waals surface area contributed by atoms with Crippen molar-refractivity contribution in [1.82, 2.24) is 4.98 Å². The number of aliphatic hydroxyl groups is 1. The van der Waals surface area contributed by atoms with Crippen LogP contribution >= 0.6 is 0 Å². The smallest absolute Gasteiger partial charge is 0.146 e. The van der Waals surface area contributed by atoms with Crippen molar-refractivity contribution in [3.8, 4) is 0 Å². The number of halogens is 1. The second-order valence-corrected chi connectivity index (χ2v) is 4.34. The number of benzene rings is 1. The molecular weight excluding hydrogens is 231 g/mol. The van der Waals surface area contributed by atoms with Crippen molar-refractivity contribution in [2.24, 2.45) is 0 Å². The van der Waals surface area contributed by atoms with Gasteiger partial charge in [-0.1, -0.05) is 18.2 Å². The Bertz CT molecular complexity index is 518. The van der Waals surface area contributed by atoms with Gasteiger partial charge in [-0.2, -0.15) is 0 Å². The molecule has 0 aliphatic carbocycles. The van der Waals surface area contributed by atoms with Gasteiger partial charge in [-0.15, -0.1) is 0 Å². The van der Waals surface area contributed by atoms with Crippen LogP contribution in [-0.2, 0) is 5.54 Å². The van der Waals surface area contributed by atoms with E-state index in [9.17, 15) is 9.50 Å². The van der Waals surface area contributed by atoms with Gasteiger partial charge in [0.05, 0.1) is 17.8 Å². The SMILES string of the molecule is CC(CO)(Nc1ccccc1F)c1cccnc1. The van der Waals surface area contributed by atoms with Crippen LogP contribution in [0.2, 0.25) is 0 Å². The van der Waals surface area contributed by atoms with Crippen LogP contribution in [0.15, 0.2) is 48.8 Å². The molecule has 0 aliphatic rings. The lowest BCUT2D eigenvalue weighted by molar-refractivity contribution is 0.223. The summed E-state index contributed by atoms with van der Waals surface area (Å²) in [5.41, 5.74) is 0.393. The van der Waals surface area contributed by atoms with E-state index in [1.54, 1.807) is 43.6 Å². The number of aromatic nitrogens is 1. The number of nitrogens with zero attached hydrogens (tertiary/aromatic N) is 1. The third kappa shape index (κ3) is 2.49. The van der Waals surface area contributed by atoms with E-state index in [1.165, 1.54) is 6.07 Å². The zero-order valence-corrected chi connectivity index (χ0v) is 10.1. The van der Waals surface area contributed by atoms with Gasteiger partial charge in [-0.3, -0.25) is 4.98 Å². The first kappa shape index (κ1) is 12.5. The predicted octanol–water partition coefficient (Wildman–Crippen LogP) is 2.54. The van der Waals surface area contributed by atoms with Crippen LogP contribution in [0.5, 0.6) is 0 Å². The number of hydrogen-bond acceptors (Lipinski definition) is 3. The van der Waals surface area contributed by atoms with Crippen LogP contribution in [0.3, 0.4) is 0 Å². The van der Waals surface area contributed by atoms with Crippen molar-refractivity contribution in [1.29, 1.82) is 0 Å². The fourth-order valence-corrected chi connectivity index (χ4v) is 1.75. The molecule has 1 unspecified atom stereocenters. The van der Waals surface area contributed by atoms with Crippen LogP contribution in [0.4, 0.5) is 10.1 Å². The summed E-state index contributed by atoms with van der Waals surface area (Å²) >= 11 is 0. The van der Waals surface area contributed by atoms with E-state index in [-0.39, 0.29) is 12.4 Å². The Hall–Kier alpha value is -1.94. The van der Waals surface area contributed by atoms with Gasteiger partial charge in [-0.25, -0.2) is 4.39 Å². The maximum atomic E-state index is 13.6. The van der Waals surface area contributed by atoms with E-state index >= 15 is 0 Å². The van der Waals surface area contributed by atoms with E-state index in [2.05, 4.69) is 10.3 Å². The first-order valence-corrected chi connectivity index (χ1v) is 5.70. The minimum Gasteiger partial charge on any atom is -0.394 e. The highest BCUT2D eigenvalue weighted by atomic mass is 19.1. The molecule has 0 saturated carbocycles. The summed E-state index contributed by atoms with van der Waals surface area (Å²) in [4.78, 5) is 4.02. The largest absolute Gasteiger partial charge is 0.394 e. The fraction of sp³-hybridized carbons (Fsp3) is 0.214. The molecule has 1 heterocycles. The molecule has 0 bridgehead atoms. The van der Waals surface area contributed by atoms with Gasteiger partial charge in [0.1, 0.15) is 5.82 Å². The molecule has 2 N–H and O–H groups in total. The van der Waals surface area contributed by atoms with Crippen LogP contribution in [0.1, 0.15) is 12.5 Å². The molecule has 0 radical (unpaired) electrons. The minimum absolute atomic E-state index is 0.160. The molecule has 1 aromatic heterocycles. The highest BCUT2D eigenvalue weighted by Crippen LogP contribution is 2.26. The van der Waals surface area contributed by atoms with Gasteiger partial charge in [-0.05, 0) is 30.7 Å². The molecule has 0 spiro atoms. The number of aliphatic hydroxyl groups excluding tert-OH is 1. The molecule has 0 amide bonds. The molecular formula is C14H15FN2O. The first-order chi connectivity index (χ1) is 8.65. The van der Waals surface area contributed by atoms with Gasteiger partial charge >= 0.3 is 0 Å². The molecule has 0 fully saturated rings. The molecule has 2 aromatic rings. The topological polar surface area (TPSA) is 45.1 Å². The van der Waals surface area contributed by atoms with Crippen molar-refractivity contribution in [2.45, 2.75) is 12.5 Å². The fourth-order valence-electron chi connectivity index (χ4n) is 1.75. The van der Waals surface area contributed by atoms with Gasteiger partial charge in [0.15, 0.2) is 0 Å². The highest BCUT2D eigenvalue weighted by molar-refractivity contribution is 5.48. The molecule has 4 heteroatoms. The van der Waals surface area contributed by atoms with Gasteiger partial charge in [0.25, 0.3) is 0 Å². The second-order valence-electron chi connectivity index (χ2n) is 4.34. The Morgan fingerprint density at radius 2 is 2.06 bits per heavy atom. The molecule has 0 aliphatic heterocycles. The molecule has 18 heavy (non-hydrogen) atoms. The summed E-state index contributed by atoms with van der Waals surface area (Å²) in [6, 6.07) is 10.0. The number of para-hydroxylation sites is 1. The second kappa shape index (κ2) is 5.14. The van der Waals surface area contributed by atoms with E-state index in [0.717, 1.165) is 5.56 Å². The quantitative estimate of drug-likeness (QED) is 0.871. The zero-order chi connectivity index (χ0) is 13.0. The minimum atomic E-state index is -0.767. The maximum Gasteiger partial charge on any atom is 0.146 e. The third-order valence-electron chi connectivity index (χ3n) is 2.90. The molecule has 1 aromatic carbocycles. The van der Waals surface area contributed by atoms with E-state index in [0.29, 0.717) is 5.69 Å². The number of pyridine rings is 1. The lowest BCUT2D eigenvalue weighted by Gasteiger charge is -2.30. The monoisotopic (exact) mass is 246 g/mol. The highest BCUT2D eigenvalue weighted by Gasteiger charge is 2.26. The molecule has 2 rings (SSSR count). The summed E-state index contributed by atoms with van der Waals surface area (Å²) in [6.45, 7) is 1.64. The van der Waals surface area contributed by atoms with Crippen molar-refractivity contribution >= 4 is 5.69 Å². The number of hydrogen-bond donors (Lipinski definition) is 2. The van der Waals surface area contributed by atoms with Crippen LogP contribution < -0.4 is 5.32 Å². The molecule has 3 nitrogen and oxygen atoms in total. The normalized spacial score (nSPS) is 13.9. The molecule has 94 valence electrons. The Morgan fingerprint density at radius 1 is 1.28 bits per heavy atom. The Morgan fingerprint density at radius 3 is 2.67 bits per heavy atom. The molecule has 0 saturated heterocycles. The van der Waals surface area contributed by atoms with Crippen LogP contribution in [0, 0.1) is 5.82 Å². The van der Waals surface area contributed by atoms with Gasteiger partial charge in [0, 0.05) is 12.4 Å². The van der Waals surface area contributed by atoms with E-state index in [1.807, 2.05) is 6.07 Å². The number of anilines is 1. The lowest BCUT2D eigenvalue weighted by Crippen LogP contribution is -2.36. The maximum absolute atomic E-state index is 13.6. The molecule has 1 atom stereocenters. The summed E-state index contributed by atoms with van der Waals surface area (Å²) in [6.07, 6.45) is 3.31. The summed E-state index contributed by atoms with van der Waals surface area (Å²) in [5.74, 6) is -0.346. The van der Waals surface area contributed by atoms with E-state index < -0.39 is 5.54 Å². The Labute approximate surface area is 105 Å². The van der Waals surface area contributed by atoms with Crippen molar-refractivity contribution in [2.75, 3.05) is 11.9 Å². The zero-order valence-electron chi connectivity index (χ0n) is 10.1. The summed E-state index contributed by atoms with van der Waals surface area (Å²) in [5, 5.41) is 12.6. The van der Waals surface area contributed by atoms with Crippen molar-refractivity contribution < 1.29 is 9.50 Å². The summed E-state index contributed by atoms with van der Waals surface area (Å²) < 4.78 is 13.6. The Kier molecular flexibility index (Phi) is 3.58. The lowest BCUT2D eigenvalue weighted by atomic mass is 9.94. The first-order valence-electron chi connectivity index (χ1n) is 5.70. The van der Waals surface area contributed by atoms with Crippen LogP contribution in [0.25, 0.3) is 0 Å². The summed E-state index contributed by atoms with van der Waals surface area (Å²) in [7, 11) is 0. The number of nitrogens with one attached hydrogen (secondary N) is 1. The number of rotatable bonds is 4. The Balaban J connectivity index is 2.32. The van der Waals surface area contributed by atoms with Crippen molar-refractivity contribution in [3.05, 3.63) is 60.2 Å². The van der Waals surface area contributed by atoms with Gasteiger partial charge in [0.2, 0.25) is 0 Å². The average molecular weight is 246 g/mol. The van der Waals surface area contributed by atoms with Crippen molar-refractivity contribution in [3.63, 3.8) is 0 Å². The average Bonchev–Trinajstić information content (AvgIpc) is 2.42. The van der Waals surface area contributed by atoms with Crippen LogP contribution in [-0.4, -0.2) is 16.7 Å². The van der Waals surface area contributed by atoms with Gasteiger partial charge < -0.3 is 10.4 Å².